The minimum atomic E-state index is -0.984. The Morgan fingerprint density at radius 2 is 2.20 bits per heavy atom. The number of hydrogen-bond donors (Lipinski definition) is 3. The molecule has 1 aromatic rings. The van der Waals surface area contributed by atoms with Crippen molar-refractivity contribution in [3.05, 3.63) is 17.0 Å². The average Bonchev–Trinajstić information content (AvgIpc) is 2.63. The van der Waals surface area contributed by atoms with Crippen LogP contribution in [0.5, 0.6) is 0 Å². The van der Waals surface area contributed by atoms with Crippen molar-refractivity contribution in [3.63, 3.8) is 0 Å². The highest BCUT2D eigenvalue weighted by molar-refractivity contribution is 7.18. The molecule has 0 saturated carbocycles. The van der Waals surface area contributed by atoms with Crippen molar-refractivity contribution in [1.82, 2.24) is 0 Å². The maximum atomic E-state index is 11.2. The molecule has 1 amide bonds. The molecule has 0 aliphatic carbocycles. The number of hydrogen-bond acceptors (Lipinski definition) is 4. The number of thiophene rings is 1. The van der Waals surface area contributed by atoms with Gasteiger partial charge < -0.3 is 16.2 Å². The van der Waals surface area contributed by atoms with Gasteiger partial charge in [-0.05, 0) is 25.1 Å². The van der Waals surface area contributed by atoms with Crippen LogP contribution in [0, 0.1) is 0 Å². The maximum Gasteiger partial charge on any atom is 0.345 e. The number of carboxylic acids is 1. The average molecular weight is 228 g/mol. The molecular weight excluding hydrogens is 216 g/mol. The van der Waals surface area contributed by atoms with Crippen LogP contribution in [0.4, 0.5) is 5.00 Å². The molecule has 0 bridgehead atoms. The monoisotopic (exact) mass is 228 g/mol. The highest BCUT2D eigenvalue weighted by Gasteiger charge is 2.08. The van der Waals surface area contributed by atoms with Gasteiger partial charge in [-0.15, -0.1) is 11.3 Å². The van der Waals surface area contributed by atoms with Gasteiger partial charge in [-0.2, -0.15) is 0 Å². The van der Waals surface area contributed by atoms with Gasteiger partial charge in [0.05, 0.1) is 5.00 Å². The summed E-state index contributed by atoms with van der Waals surface area (Å²) in [4.78, 5) is 22.0. The Morgan fingerprint density at radius 3 is 2.73 bits per heavy atom. The van der Waals surface area contributed by atoms with E-state index in [0.29, 0.717) is 24.4 Å². The molecule has 5 nitrogen and oxygen atoms in total. The summed E-state index contributed by atoms with van der Waals surface area (Å²) < 4.78 is 0. The number of amides is 1. The van der Waals surface area contributed by atoms with Gasteiger partial charge in [0.1, 0.15) is 4.88 Å². The lowest BCUT2D eigenvalue weighted by atomic mass is 10.3. The van der Waals surface area contributed by atoms with E-state index in [1.165, 1.54) is 6.07 Å². The first kappa shape index (κ1) is 11.7. The first-order valence-corrected chi connectivity index (χ1v) is 5.28. The van der Waals surface area contributed by atoms with Crippen LogP contribution in [0.2, 0.25) is 0 Å². The summed E-state index contributed by atoms with van der Waals surface area (Å²) in [6.45, 7) is 0.470. The molecule has 1 heterocycles. The smallest absolute Gasteiger partial charge is 0.345 e. The minimum absolute atomic E-state index is 0.140. The number of carbonyl (C=O) groups is 2. The molecule has 0 aliphatic heterocycles. The predicted octanol–water partition coefficient (Wildman–Crippen LogP) is 1.12. The first-order chi connectivity index (χ1) is 7.13. The number of nitrogens with one attached hydrogen (secondary N) is 1. The second-order valence-electron chi connectivity index (χ2n) is 2.91. The Bertz CT molecular complexity index is 362. The van der Waals surface area contributed by atoms with Crippen LogP contribution in [0.15, 0.2) is 12.1 Å². The van der Waals surface area contributed by atoms with Crippen molar-refractivity contribution in [2.45, 2.75) is 12.8 Å². The first-order valence-electron chi connectivity index (χ1n) is 4.46. The van der Waals surface area contributed by atoms with Crippen molar-refractivity contribution in [2.75, 3.05) is 11.9 Å². The van der Waals surface area contributed by atoms with Crippen LogP contribution in [-0.4, -0.2) is 23.5 Å². The topological polar surface area (TPSA) is 92.4 Å². The van der Waals surface area contributed by atoms with E-state index in [4.69, 9.17) is 10.8 Å². The van der Waals surface area contributed by atoms with E-state index < -0.39 is 5.97 Å². The Morgan fingerprint density at radius 1 is 1.47 bits per heavy atom. The largest absolute Gasteiger partial charge is 0.477 e. The van der Waals surface area contributed by atoms with Crippen molar-refractivity contribution < 1.29 is 14.7 Å². The van der Waals surface area contributed by atoms with Crippen LogP contribution in [-0.2, 0) is 4.79 Å². The lowest BCUT2D eigenvalue weighted by molar-refractivity contribution is -0.116. The number of carboxylic acid groups (broad SMARTS) is 1. The van der Waals surface area contributed by atoms with E-state index in [9.17, 15) is 9.59 Å². The number of anilines is 1. The van der Waals surface area contributed by atoms with Gasteiger partial charge in [0.25, 0.3) is 0 Å². The molecule has 15 heavy (non-hydrogen) atoms. The zero-order valence-corrected chi connectivity index (χ0v) is 8.84. The van der Waals surface area contributed by atoms with Crippen LogP contribution in [0.1, 0.15) is 22.5 Å². The van der Waals surface area contributed by atoms with Crippen LogP contribution in [0.25, 0.3) is 0 Å². The van der Waals surface area contributed by atoms with Gasteiger partial charge in [-0.25, -0.2) is 4.79 Å². The van der Waals surface area contributed by atoms with Crippen molar-refractivity contribution in [1.29, 1.82) is 0 Å². The summed E-state index contributed by atoms with van der Waals surface area (Å²) in [5.74, 6) is -1.12. The van der Waals surface area contributed by atoms with Gasteiger partial charge in [0.15, 0.2) is 0 Å². The zero-order valence-electron chi connectivity index (χ0n) is 8.03. The summed E-state index contributed by atoms with van der Waals surface area (Å²) in [7, 11) is 0. The highest BCUT2D eigenvalue weighted by atomic mass is 32.1. The third-order valence-corrected chi connectivity index (χ3v) is 2.68. The van der Waals surface area contributed by atoms with Crippen LogP contribution < -0.4 is 11.1 Å². The molecule has 1 aromatic heterocycles. The fourth-order valence-electron chi connectivity index (χ4n) is 0.983. The minimum Gasteiger partial charge on any atom is -0.477 e. The second-order valence-corrected chi connectivity index (χ2v) is 3.99. The SMILES string of the molecule is NCCCC(=O)Nc1ccc(C(=O)O)s1. The fraction of sp³-hybridized carbons (Fsp3) is 0.333. The van der Waals surface area contributed by atoms with Crippen molar-refractivity contribution >= 4 is 28.2 Å². The number of carbonyl (C=O) groups excluding carboxylic acids is 1. The normalized spacial score (nSPS) is 9.93. The quantitative estimate of drug-likeness (QED) is 0.704. The van der Waals surface area contributed by atoms with Gasteiger partial charge in [-0.1, -0.05) is 0 Å². The summed E-state index contributed by atoms with van der Waals surface area (Å²) in [6.07, 6.45) is 0.986. The van der Waals surface area contributed by atoms with E-state index in [2.05, 4.69) is 5.32 Å². The van der Waals surface area contributed by atoms with Gasteiger partial charge in [-0.3, -0.25) is 4.79 Å². The molecule has 0 spiro atoms. The van der Waals surface area contributed by atoms with E-state index in [1.807, 2.05) is 0 Å². The third-order valence-electron chi connectivity index (χ3n) is 1.69. The van der Waals surface area contributed by atoms with Gasteiger partial charge in [0, 0.05) is 6.42 Å². The second kappa shape index (κ2) is 5.47. The summed E-state index contributed by atoms with van der Waals surface area (Å²) >= 11 is 1.04. The summed E-state index contributed by atoms with van der Waals surface area (Å²) in [5, 5.41) is 11.8. The lowest BCUT2D eigenvalue weighted by Gasteiger charge is -2.00. The molecule has 0 aliphatic rings. The van der Waals surface area contributed by atoms with Crippen molar-refractivity contribution in [2.24, 2.45) is 5.73 Å². The molecule has 4 N–H and O–H groups in total. The van der Waals surface area contributed by atoms with Gasteiger partial charge >= 0.3 is 5.97 Å². The number of rotatable bonds is 5. The molecule has 6 heteroatoms. The molecule has 0 saturated heterocycles. The fourth-order valence-corrected chi connectivity index (χ4v) is 1.74. The van der Waals surface area contributed by atoms with E-state index in [-0.39, 0.29) is 10.8 Å². The Kier molecular flexibility index (Phi) is 4.26. The molecule has 0 radical (unpaired) electrons. The molecular formula is C9H12N2O3S. The standard InChI is InChI=1S/C9H12N2O3S/c10-5-1-2-7(12)11-8-4-3-6(15-8)9(13)14/h3-4H,1-2,5,10H2,(H,11,12)(H,13,14). The number of aromatic carboxylic acids is 1. The van der Waals surface area contributed by atoms with Gasteiger partial charge in [0.2, 0.25) is 5.91 Å². The van der Waals surface area contributed by atoms with Crippen LogP contribution in [0.3, 0.4) is 0 Å². The van der Waals surface area contributed by atoms with Crippen molar-refractivity contribution in [3.8, 4) is 0 Å². The zero-order chi connectivity index (χ0) is 11.3. The molecule has 0 atom stereocenters. The van der Waals surface area contributed by atoms with E-state index in [1.54, 1.807) is 6.07 Å². The van der Waals surface area contributed by atoms with Crippen LogP contribution >= 0.6 is 11.3 Å². The molecule has 1 rings (SSSR count). The summed E-state index contributed by atoms with van der Waals surface area (Å²) in [5.41, 5.74) is 5.26. The Hall–Kier alpha value is -1.40. The summed E-state index contributed by atoms with van der Waals surface area (Å²) in [6, 6.07) is 3.04. The highest BCUT2D eigenvalue weighted by Crippen LogP contribution is 2.21. The Labute approximate surface area is 90.9 Å². The molecule has 0 unspecified atom stereocenters. The third kappa shape index (κ3) is 3.69. The Balaban J connectivity index is 2.50. The molecule has 0 aromatic carbocycles. The van der Waals surface area contributed by atoms with E-state index >= 15 is 0 Å². The molecule has 82 valence electrons. The number of nitrogens with two attached hydrogens (primary N) is 1. The maximum absolute atomic E-state index is 11.2. The molecule has 0 fully saturated rings. The lowest BCUT2D eigenvalue weighted by Crippen LogP contribution is -2.12. The predicted molar refractivity (Wildman–Crippen MR) is 58.2 cm³/mol. The van der Waals surface area contributed by atoms with E-state index in [0.717, 1.165) is 11.3 Å².